The molecule has 3 atom stereocenters. The molecular weight excluding hydrogens is 268 g/mol. The third-order valence-electron chi connectivity index (χ3n) is 4.56. The van der Waals surface area contributed by atoms with Gasteiger partial charge in [-0.25, -0.2) is 0 Å². The summed E-state index contributed by atoms with van der Waals surface area (Å²) in [6.07, 6.45) is 5.13. The van der Waals surface area contributed by atoms with Crippen LogP contribution in [-0.2, 0) is 0 Å². The molecule has 0 saturated heterocycles. The number of ether oxygens (including phenoxy) is 1. The van der Waals surface area contributed by atoms with E-state index < -0.39 is 0 Å². The van der Waals surface area contributed by atoms with Gasteiger partial charge in [0, 0.05) is 23.9 Å². The Balaban J connectivity index is 1.79. The van der Waals surface area contributed by atoms with Gasteiger partial charge in [0.05, 0.1) is 17.1 Å². The number of hydrogen-bond acceptors (Lipinski definition) is 4. The maximum absolute atomic E-state index is 11.1. The predicted molar refractivity (Wildman–Crippen MR) is 81.7 cm³/mol. The highest BCUT2D eigenvalue weighted by Gasteiger charge is 2.39. The molecule has 5 heteroatoms. The number of hydrogen-bond donors (Lipinski definition) is 1. The lowest BCUT2D eigenvalue weighted by molar-refractivity contribution is -0.384. The fourth-order valence-corrected chi connectivity index (χ4v) is 3.75. The Labute approximate surface area is 124 Å². The first-order valence-electron chi connectivity index (χ1n) is 7.74. The van der Waals surface area contributed by atoms with Crippen molar-refractivity contribution in [3.8, 4) is 5.75 Å². The van der Waals surface area contributed by atoms with Crippen LogP contribution < -0.4 is 10.1 Å². The number of nitro benzene ring substituents is 1. The van der Waals surface area contributed by atoms with Gasteiger partial charge in [-0.1, -0.05) is 6.42 Å². The Morgan fingerprint density at radius 1 is 1.29 bits per heavy atom. The van der Waals surface area contributed by atoms with E-state index in [1.54, 1.807) is 6.07 Å². The van der Waals surface area contributed by atoms with Gasteiger partial charge in [0.25, 0.3) is 5.69 Å². The van der Waals surface area contributed by atoms with E-state index in [0.717, 1.165) is 17.5 Å². The van der Waals surface area contributed by atoms with Gasteiger partial charge in [-0.15, -0.1) is 0 Å². The van der Waals surface area contributed by atoms with Gasteiger partial charge in [-0.3, -0.25) is 10.1 Å². The molecule has 2 fully saturated rings. The summed E-state index contributed by atoms with van der Waals surface area (Å²) < 4.78 is 5.63. The van der Waals surface area contributed by atoms with Crippen LogP contribution in [0.5, 0.6) is 5.75 Å². The van der Waals surface area contributed by atoms with Gasteiger partial charge in [0.1, 0.15) is 5.75 Å². The van der Waals surface area contributed by atoms with Crippen molar-refractivity contribution in [3.05, 3.63) is 28.3 Å². The molecule has 21 heavy (non-hydrogen) atoms. The van der Waals surface area contributed by atoms with Crippen molar-refractivity contribution in [2.24, 2.45) is 11.8 Å². The van der Waals surface area contributed by atoms with Crippen molar-refractivity contribution in [3.63, 3.8) is 0 Å². The van der Waals surface area contributed by atoms with Gasteiger partial charge >= 0.3 is 0 Å². The van der Waals surface area contributed by atoms with E-state index in [-0.39, 0.29) is 16.7 Å². The Bertz CT molecular complexity index is 544. The van der Waals surface area contributed by atoms with Crippen molar-refractivity contribution in [1.29, 1.82) is 0 Å². The molecule has 0 heterocycles. The van der Waals surface area contributed by atoms with E-state index in [1.807, 2.05) is 19.9 Å². The molecule has 2 bridgehead atoms. The molecule has 2 saturated carbocycles. The summed E-state index contributed by atoms with van der Waals surface area (Å²) in [5.74, 6) is 2.13. The van der Waals surface area contributed by atoms with Crippen LogP contribution in [0.25, 0.3) is 0 Å². The normalized spacial score (nSPS) is 27.1. The Kier molecular flexibility index (Phi) is 3.74. The molecule has 0 radical (unpaired) electrons. The highest BCUT2D eigenvalue weighted by atomic mass is 16.6. The molecule has 3 unspecified atom stereocenters. The summed E-state index contributed by atoms with van der Waals surface area (Å²) in [5, 5.41) is 14.6. The third kappa shape index (κ3) is 3.12. The van der Waals surface area contributed by atoms with Gasteiger partial charge in [0.15, 0.2) is 0 Å². The van der Waals surface area contributed by atoms with Gasteiger partial charge in [0.2, 0.25) is 0 Å². The van der Waals surface area contributed by atoms with Crippen molar-refractivity contribution in [2.45, 2.75) is 51.7 Å². The fraction of sp³-hybridized carbons (Fsp3) is 0.625. The summed E-state index contributed by atoms with van der Waals surface area (Å²) in [4.78, 5) is 10.7. The largest absolute Gasteiger partial charge is 0.491 e. The van der Waals surface area contributed by atoms with Crippen LogP contribution >= 0.6 is 0 Å². The molecule has 0 aliphatic heterocycles. The third-order valence-corrected chi connectivity index (χ3v) is 4.56. The lowest BCUT2D eigenvalue weighted by Gasteiger charge is -2.24. The van der Waals surface area contributed by atoms with Crippen molar-refractivity contribution >= 4 is 11.4 Å². The first-order chi connectivity index (χ1) is 10.0. The Hall–Kier alpha value is -1.78. The monoisotopic (exact) mass is 290 g/mol. The average molecular weight is 290 g/mol. The van der Waals surface area contributed by atoms with Gasteiger partial charge in [-0.05, 0) is 44.9 Å². The van der Waals surface area contributed by atoms with E-state index in [1.165, 1.54) is 31.7 Å². The zero-order chi connectivity index (χ0) is 15.0. The maximum Gasteiger partial charge on any atom is 0.275 e. The molecule has 1 N–H and O–H groups in total. The number of benzene rings is 1. The summed E-state index contributed by atoms with van der Waals surface area (Å²) in [6.45, 7) is 3.84. The second kappa shape index (κ2) is 5.54. The summed E-state index contributed by atoms with van der Waals surface area (Å²) >= 11 is 0. The molecule has 114 valence electrons. The molecule has 0 aromatic heterocycles. The number of nitrogens with one attached hydrogen (secondary N) is 1. The van der Waals surface area contributed by atoms with E-state index in [9.17, 15) is 10.1 Å². The summed E-state index contributed by atoms with van der Waals surface area (Å²) in [7, 11) is 0. The van der Waals surface area contributed by atoms with E-state index in [0.29, 0.717) is 11.8 Å². The molecule has 5 nitrogen and oxygen atoms in total. The van der Waals surface area contributed by atoms with Crippen LogP contribution in [0.1, 0.15) is 39.5 Å². The number of anilines is 1. The Morgan fingerprint density at radius 3 is 2.67 bits per heavy atom. The molecule has 0 spiro atoms. The first-order valence-corrected chi connectivity index (χ1v) is 7.74. The van der Waals surface area contributed by atoms with Gasteiger partial charge in [-0.2, -0.15) is 0 Å². The lowest BCUT2D eigenvalue weighted by atomic mass is 9.95. The molecular formula is C16H22N2O3. The maximum atomic E-state index is 11.1. The van der Waals surface area contributed by atoms with Crippen LogP contribution in [0.3, 0.4) is 0 Å². The van der Waals surface area contributed by atoms with Crippen LogP contribution in [0.4, 0.5) is 11.4 Å². The van der Waals surface area contributed by atoms with E-state index in [4.69, 9.17) is 4.74 Å². The number of non-ortho nitro benzene ring substituents is 1. The van der Waals surface area contributed by atoms with Crippen molar-refractivity contribution in [1.82, 2.24) is 0 Å². The minimum Gasteiger partial charge on any atom is -0.491 e. The number of rotatable bonds is 5. The SMILES string of the molecule is CC(C)Oc1cc(NC2CC3CCC2C3)cc([N+](=O)[O-])c1. The molecule has 2 aliphatic carbocycles. The predicted octanol–water partition coefficient (Wildman–Crippen LogP) is 3.98. The van der Waals surface area contributed by atoms with E-state index >= 15 is 0 Å². The second-order valence-corrected chi connectivity index (χ2v) is 6.56. The topological polar surface area (TPSA) is 64.4 Å². The lowest BCUT2D eigenvalue weighted by Crippen LogP contribution is -2.25. The van der Waals surface area contributed by atoms with Crippen LogP contribution in [0, 0.1) is 22.0 Å². The van der Waals surface area contributed by atoms with Crippen LogP contribution in [0.15, 0.2) is 18.2 Å². The standard InChI is InChI=1S/C16H22N2O3/c1-10(2)21-15-8-13(7-14(9-15)18(19)20)17-16-6-11-3-4-12(16)5-11/h7-12,16-17H,3-6H2,1-2H3. The molecule has 0 amide bonds. The fourth-order valence-electron chi connectivity index (χ4n) is 3.75. The minimum absolute atomic E-state index is 0.00217. The highest BCUT2D eigenvalue weighted by molar-refractivity contribution is 5.57. The molecule has 2 aliphatic rings. The number of nitrogens with zero attached hydrogens (tertiary/aromatic N) is 1. The zero-order valence-electron chi connectivity index (χ0n) is 12.5. The smallest absolute Gasteiger partial charge is 0.275 e. The molecule has 1 aromatic carbocycles. The highest BCUT2D eigenvalue weighted by Crippen LogP contribution is 2.45. The van der Waals surface area contributed by atoms with Crippen LogP contribution in [0.2, 0.25) is 0 Å². The Morgan fingerprint density at radius 2 is 2.10 bits per heavy atom. The second-order valence-electron chi connectivity index (χ2n) is 6.56. The molecule has 1 aromatic rings. The number of nitro groups is 1. The van der Waals surface area contributed by atoms with E-state index in [2.05, 4.69) is 5.32 Å². The van der Waals surface area contributed by atoms with Crippen LogP contribution in [-0.4, -0.2) is 17.1 Å². The average Bonchev–Trinajstić information content (AvgIpc) is 2.99. The van der Waals surface area contributed by atoms with Gasteiger partial charge < -0.3 is 10.1 Å². The zero-order valence-corrected chi connectivity index (χ0v) is 12.5. The quantitative estimate of drug-likeness (QED) is 0.658. The molecule has 3 rings (SSSR count). The summed E-state index contributed by atoms with van der Waals surface area (Å²) in [6, 6.07) is 5.43. The first kappa shape index (κ1) is 14.2. The van der Waals surface area contributed by atoms with Crippen molar-refractivity contribution < 1.29 is 9.66 Å². The number of fused-ring (bicyclic) bond motifs is 2. The van der Waals surface area contributed by atoms with Crippen molar-refractivity contribution in [2.75, 3.05) is 5.32 Å². The summed E-state index contributed by atoms with van der Waals surface area (Å²) in [5.41, 5.74) is 0.885. The minimum atomic E-state index is -0.362.